The number of carbonyl (C=O) groups is 2. The number of nitrogens with zero attached hydrogens (tertiary/aromatic N) is 1. The molecule has 2 aliphatic heterocycles. The monoisotopic (exact) mass is 422 g/mol. The summed E-state index contributed by atoms with van der Waals surface area (Å²) in [6.45, 7) is 6.86. The predicted molar refractivity (Wildman–Crippen MR) is 108 cm³/mol. The Labute approximate surface area is 170 Å². The number of nitrogens with one attached hydrogen (secondary N) is 1. The highest BCUT2D eigenvalue weighted by Crippen LogP contribution is 2.31. The molecule has 1 aromatic rings. The van der Waals surface area contributed by atoms with Crippen molar-refractivity contribution in [2.24, 2.45) is 5.92 Å². The zero-order valence-electron chi connectivity index (χ0n) is 17.0. The summed E-state index contributed by atoms with van der Waals surface area (Å²) in [6.07, 6.45) is 4.46. The molecular weight excluding hydrogens is 396 g/mol. The van der Waals surface area contributed by atoms with Crippen LogP contribution in [0.2, 0.25) is 0 Å². The van der Waals surface area contributed by atoms with Gasteiger partial charge in [0.25, 0.3) is 5.79 Å². The number of ether oxygens (including phenoxy) is 2. The molecule has 0 saturated carbocycles. The number of hydrogen-bond acceptors (Lipinski definition) is 8. The molecule has 1 N–H and O–H groups in total. The molecule has 2 fully saturated rings. The Balaban J connectivity index is 1.93. The average molecular weight is 423 g/mol. The summed E-state index contributed by atoms with van der Waals surface area (Å²) in [5.41, 5.74) is 0.821. The third kappa shape index (κ3) is 4.90. The Hall–Kier alpha value is -2.55. The van der Waals surface area contributed by atoms with Crippen molar-refractivity contribution < 1.29 is 27.5 Å². The second-order valence-corrected chi connectivity index (χ2v) is 10.0. The first-order valence-electron chi connectivity index (χ1n) is 9.49. The van der Waals surface area contributed by atoms with E-state index in [4.69, 9.17) is 9.47 Å². The van der Waals surface area contributed by atoms with Crippen LogP contribution in [0.3, 0.4) is 0 Å². The molecule has 1 unspecified atom stereocenters. The molecule has 1 aromatic carbocycles. The number of anilines is 2. The summed E-state index contributed by atoms with van der Waals surface area (Å²) < 4.78 is 34.5. The molecule has 29 heavy (non-hydrogen) atoms. The second kappa shape index (κ2) is 7.70. The minimum absolute atomic E-state index is 0.0704. The van der Waals surface area contributed by atoms with Crippen LogP contribution >= 0.6 is 0 Å². The fraction of sp³-hybridized carbons (Fsp3) is 0.500. The molecule has 2 aliphatic rings. The van der Waals surface area contributed by atoms with Crippen LogP contribution in [0.5, 0.6) is 0 Å². The van der Waals surface area contributed by atoms with Crippen molar-refractivity contribution in [1.82, 2.24) is 0 Å². The van der Waals surface area contributed by atoms with Gasteiger partial charge in [0.2, 0.25) is 0 Å². The molecular formula is C20H26N2O6S. The smallest absolute Gasteiger partial charge is 0.350 e. The largest absolute Gasteiger partial charge is 0.419 e. The molecule has 8 nitrogen and oxygen atoms in total. The first kappa shape index (κ1) is 21.2. The quantitative estimate of drug-likeness (QED) is 0.449. The van der Waals surface area contributed by atoms with E-state index >= 15 is 0 Å². The van der Waals surface area contributed by atoms with Crippen molar-refractivity contribution in [3.05, 3.63) is 30.0 Å². The Bertz CT molecular complexity index is 945. The van der Waals surface area contributed by atoms with Crippen LogP contribution in [0.4, 0.5) is 11.4 Å². The zero-order valence-corrected chi connectivity index (χ0v) is 17.8. The van der Waals surface area contributed by atoms with Gasteiger partial charge >= 0.3 is 11.9 Å². The summed E-state index contributed by atoms with van der Waals surface area (Å²) in [7, 11) is -3.53. The van der Waals surface area contributed by atoms with Crippen molar-refractivity contribution in [3.63, 3.8) is 0 Å². The van der Waals surface area contributed by atoms with Crippen molar-refractivity contribution >= 4 is 33.2 Å². The highest BCUT2D eigenvalue weighted by molar-refractivity contribution is 7.90. The highest BCUT2D eigenvalue weighted by atomic mass is 32.2. The maximum Gasteiger partial charge on any atom is 0.350 e. The van der Waals surface area contributed by atoms with Crippen LogP contribution in [0.15, 0.2) is 34.9 Å². The molecule has 0 spiro atoms. The molecule has 0 bridgehead atoms. The minimum atomic E-state index is -3.53. The van der Waals surface area contributed by atoms with Gasteiger partial charge in [-0.2, -0.15) is 0 Å². The summed E-state index contributed by atoms with van der Waals surface area (Å²) in [5, 5.41) is 2.80. The van der Waals surface area contributed by atoms with Gasteiger partial charge in [0, 0.05) is 45.1 Å². The standard InChI is InChI=1S/C20H26N2O6S/c1-13-6-5-9-22(12-13)14-7-8-17(29(4,25)26)16(10-14)21-11-15-18(23)27-20(2,3)28-19(15)24/h7-8,10-11,13,21H,5-6,9,12H2,1-4H3. The first-order chi connectivity index (χ1) is 13.5. The van der Waals surface area contributed by atoms with E-state index in [1.54, 1.807) is 12.1 Å². The molecule has 1 atom stereocenters. The van der Waals surface area contributed by atoms with Gasteiger partial charge in [0.15, 0.2) is 15.4 Å². The van der Waals surface area contributed by atoms with Gasteiger partial charge in [-0.05, 0) is 37.0 Å². The fourth-order valence-electron chi connectivity index (χ4n) is 3.50. The third-order valence-electron chi connectivity index (χ3n) is 4.87. The number of hydrogen-bond donors (Lipinski definition) is 1. The number of cyclic esters (lactones) is 2. The molecule has 0 aromatic heterocycles. The molecule has 0 radical (unpaired) electrons. The zero-order chi connectivity index (χ0) is 21.4. The SMILES string of the molecule is CC1CCCN(c2ccc(S(C)(=O)=O)c(NC=C3C(=O)OC(C)(C)OC3=O)c2)C1. The lowest BCUT2D eigenvalue weighted by molar-refractivity contribution is -0.222. The van der Waals surface area contributed by atoms with Gasteiger partial charge in [0.05, 0.1) is 10.6 Å². The highest BCUT2D eigenvalue weighted by Gasteiger charge is 2.39. The van der Waals surface area contributed by atoms with Crippen molar-refractivity contribution in [1.29, 1.82) is 0 Å². The van der Waals surface area contributed by atoms with Crippen LogP contribution in [-0.2, 0) is 28.9 Å². The summed E-state index contributed by atoms with van der Waals surface area (Å²) in [5.74, 6) is -2.46. The van der Waals surface area contributed by atoms with E-state index in [2.05, 4.69) is 17.1 Å². The van der Waals surface area contributed by atoms with Crippen molar-refractivity contribution in [2.75, 3.05) is 29.6 Å². The van der Waals surface area contributed by atoms with Crippen molar-refractivity contribution in [2.45, 2.75) is 44.3 Å². The average Bonchev–Trinajstić information content (AvgIpc) is 2.59. The van der Waals surface area contributed by atoms with Crippen LogP contribution in [0.1, 0.15) is 33.6 Å². The van der Waals surface area contributed by atoms with Crippen LogP contribution in [-0.4, -0.2) is 45.5 Å². The lowest BCUT2D eigenvalue weighted by Crippen LogP contribution is -2.42. The normalized spacial score (nSPS) is 22.0. The van der Waals surface area contributed by atoms with Gasteiger partial charge in [-0.1, -0.05) is 6.92 Å². The van der Waals surface area contributed by atoms with Gasteiger partial charge in [-0.15, -0.1) is 0 Å². The molecule has 0 aliphatic carbocycles. The van der Waals surface area contributed by atoms with E-state index in [1.807, 2.05) is 0 Å². The maximum atomic E-state index is 12.2. The van der Waals surface area contributed by atoms with E-state index in [0.717, 1.165) is 44.1 Å². The predicted octanol–water partition coefficient (Wildman–Crippen LogP) is 2.46. The Kier molecular flexibility index (Phi) is 5.62. The molecule has 2 saturated heterocycles. The van der Waals surface area contributed by atoms with E-state index in [1.165, 1.54) is 19.9 Å². The van der Waals surface area contributed by atoms with Gasteiger partial charge in [-0.25, -0.2) is 18.0 Å². The molecule has 0 amide bonds. The lowest BCUT2D eigenvalue weighted by Gasteiger charge is -2.33. The van der Waals surface area contributed by atoms with Gasteiger partial charge < -0.3 is 19.7 Å². The Morgan fingerprint density at radius 2 is 1.86 bits per heavy atom. The minimum Gasteiger partial charge on any atom is -0.419 e. The van der Waals surface area contributed by atoms with E-state index < -0.39 is 27.6 Å². The van der Waals surface area contributed by atoms with Gasteiger partial charge in [-0.3, -0.25) is 0 Å². The second-order valence-electron chi connectivity index (χ2n) is 8.03. The number of rotatable bonds is 4. The van der Waals surface area contributed by atoms with Crippen LogP contribution in [0, 0.1) is 5.92 Å². The number of carbonyl (C=O) groups excluding carboxylic acids is 2. The molecule has 9 heteroatoms. The van der Waals surface area contributed by atoms with Gasteiger partial charge in [0.1, 0.15) is 0 Å². The summed E-state index contributed by atoms with van der Waals surface area (Å²) in [6, 6.07) is 5.03. The number of piperidine rings is 1. The maximum absolute atomic E-state index is 12.2. The topological polar surface area (TPSA) is 102 Å². The van der Waals surface area contributed by atoms with Crippen LogP contribution < -0.4 is 10.2 Å². The molecule has 2 heterocycles. The molecule has 3 rings (SSSR count). The number of esters is 2. The lowest BCUT2D eigenvalue weighted by atomic mass is 10.00. The van der Waals surface area contributed by atoms with E-state index in [0.29, 0.717) is 5.92 Å². The molecule has 158 valence electrons. The number of sulfone groups is 1. The van der Waals surface area contributed by atoms with Crippen LogP contribution in [0.25, 0.3) is 0 Å². The Morgan fingerprint density at radius 1 is 1.21 bits per heavy atom. The Morgan fingerprint density at radius 3 is 2.45 bits per heavy atom. The van der Waals surface area contributed by atoms with E-state index in [-0.39, 0.29) is 16.2 Å². The fourth-order valence-corrected chi connectivity index (χ4v) is 4.34. The summed E-state index contributed by atoms with van der Waals surface area (Å²) >= 11 is 0. The first-order valence-corrected chi connectivity index (χ1v) is 11.4. The van der Waals surface area contributed by atoms with E-state index in [9.17, 15) is 18.0 Å². The number of benzene rings is 1. The van der Waals surface area contributed by atoms with Crippen molar-refractivity contribution in [3.8, 4) is 0 Å². The summed E-state index contributed by atoms with van der Waals surface area (Å²) in [4.78, 5) is 26.5. The third-order valence-corrected chi connectivity index (χ3v) is 6.03.